The van der Waals surface area contributed by atoms with Crippen molar-refractivity contribution in [1.82, 2.24) is 0 Å². The van der Waals surface area contributed by atoms with Crippen molar-refractivity contribution >= 4 is 35.5 Å². The average molecular weight is 418 g/mol. The molecule has 1 rings (SSSR count). The summed E-state index contributed by atoms with van der Waals surface area (Å²) in [6.45, 7) is 6.02. The van der Waals surface area contributed by atoms with Crippen molar-refractivity contribution in [3.63, 3.8) is 0 Å². The molecule has 0 spiro atoms. The summed E-state index contributed by atoms with van der Waals surface area (Å²) in [7, 11) is 0. The predicted molar refractivity (Wildman–Crippen MR) is 97.6 cm³/mol. The van der Waals surface area contributed by atoms with Gasteiger partial charge in [0, 0.05) is 11.5 Å². The van der Waals surface area contributed by atoms with Crippen LogP contribution < -0.4 is 26.5 Å². The number of unbranched alkanes of at least 4 members (excludes halogenated alkanes) is 6. The molecule has 2 nitrogen and oxygen atoms in total. The predicted octanol–water partition coefficient (Wildman–Crippen LogP) is 2.45. The number of hydrogen-bond acceptors (Lipinski definition) is 2. The Kier molecular flexibility index (Phi) is 25.0. The zero-order chi connectivity index (χ0) is 14.5. The van der Waals surface area contributed by atoms with Crippen molar-refractivity contribution in [1.29, 1.82) is 0 Å². The third-order valence-corrected chi connectivity index (χ3v) is 3.28. The maximum atomic E-state index is 5.68. The van der Waals surface area contributed by atoms with Crippen LogP contribution in [0.15, 0.2) is 18.2 Å². The number of hydrogen-bond donors (Lipinski definition) is 0. The van der Waals surface area contributed by atoms with E-state index >= 15 is 0 Å². The SMILES string of the molecule is CCCCCCOc1[c-]cc(OCCCCCC)cc1.Cl.[Br-].[Mg+2]. The molecule has 0 atom stereocenters. The second-order valence-corrected chi connectivity index (χ2v) is 5.21. The van der Waals surface area contributed by atoms with Gasteiger partial charge in [-0.1, -0.05) is 52.4 Å². The molecular weight excluding hydrogens is 388 g/mol. The maximum absolute atomic E-state index is 5.68. The van der Waals surface area contributed by atoms with Crippen LogP contribution in [0.2, 0.25) is 0 Å². The van der Waals surface area contributed by atoms with Crippen molar-refractivity contribution in [3.8, 4) is 11.5 Å². The quantitative estimate of drug-likeness (QED) is 0.295. The fourth-order valence-corrected chi connectivity index (χ4v) is 2.01. The fraction of sp³-hybridized carbons (Fsp3) is 0.667. The molecule has 0 fully saturated rings. The average Bonchev–Trinajstić information content (AvgIpc) is 2.48. The Balaban J connectivity index is -0.00000133. The zero-order valence-corrected chi connectivity index (χ0v) is 18.4. The van der Waals surface area contributed by atoms with E-state index in [1.165, 1.54) is 38.5 Å². The summed E-state index contributed by atoms with van der Waals surface area (Å²) < 4.78 is 11.3. The summed E-state index contributed by atoms with van der Waals surface area (Å²) in [4.78, 5) is 0. The normalized spacial score (nSPS) is 9.13. The van der Waals surface area contributed by atoms with Crippen molar-refractivity contribution in [2.24, 2.45) is 0 Å². The van der Waals surface area contributed by atoms with Gasteiger partial charge < -0.3 is 26.5 Å². The van der Waals surface area contributed by atoms with E-state index in [2.05, 4.69) is 19.9 Å². The molecule has 0 aromatic heterocycles. The summed E-state index contributed by atoms with van der Waals surface area (Å²) in [5, 5.41) is 0. The molecule has 0 bridgehead atoms. The molecule has 5 heteroatoms. The second-order valence-electron chi connectivity index (χ2n) is 5.21. The van der Waals surface area contributed by atoms with Crippen LogP contribution in [0, 0.1) is 6.07 Å². The molecule has 0 saturated carbocycles. The van der Waals surface area contributed by atoms with Crippen LogP contribution in [-0.2, 0) is 0 Å². The van der Waals surface area contributed by atoms with Gasteiger partial charge in [-0.25, -0.2) is 0 Å². The minimum absolute atomic E-state index is 0. The van der Waals surface area contributed by atoms with Crippen LogP contribution in [0.5, 0.6) is 11.5 Å². The third-order valence-electron chi connectivity index (χ3n) is 3.28. The topological polar surface area (TPSA) is 18.5 Å². The molecule has 0 saturated heterocycles. The van der Waals surface area contributed by atoms with E-state index in [0.29, 0.717) is 0 Å². The van der Waals surface area contributed by atoms with E-state index in [-0.39, 0.29) is 52.4 Å². The van der Waals surface area contributed by atoms with E-state index in [4.69, 9.17) is 9.47 Å². The van der Waals surface area contributed by atoms with Crippen molar-refractivity contribution < 1.29 is 26.5 Å². The van der Waals surface area contributed by atoms with Crippen LogP contribution in [0.4, 0.5) is 0 Å². The summed E-state index contributed by atoms with van der Waals surface area (Å²) >= 11 is 0. The van der Waals surface area contributed by atoms with Crippen LogP contribution in [-0.4, -0.2) is 36.3 Å². The molecule has 0 aliphatic heterocycles. The van der Waals surface area contributed by atoms with Crippen LogP contribution in [0.25, 0.3) is 0 Å². The van der Waals surface area contributed by atoms with Gasteiger partial charge in [-0.05, 0) is 12.8 Å². The number of benzene rings is 1. The Morgan fingerprint density at radius 3 is 1.87 bits per heavy atom. The van der Waals surface area contributed by atoms with Gasteiger partial charge in [0.25, 0.3) is 0 Å². The van der Waals surface area contributed by atoms with Gasteiger partial charge in [-0.15, -0.1) is 36.7 Å². The molecule has 0 heterocycles. The molecular formula is C18H30BrClMgO2. The van der Waals surface area contributed by atoms with Crippen LogP contribution >= 0.6 is 12.4 Å². The Hall–Kier alpha value is 0.356. The number of ether oxygens (including phenoxy) is 2. The van der Waals surface area contributed by atoms with E-state index in [1.54, 1.807) is 0 Å². The Bertz CT molecular complexity index is 303. The minimum atomic E-state index is 0. The minimum Gasteiger partial charge on any atom is -1.00 e. The number of halogens is 2. The fourth-order valence-electron chi connectivity index (χ4n) is 2.01. The van der Waals surface area contributed by atoms with Crippen LogP contribution in [0.3, 0.4) is 0 Å². The first-order valence-electron chi connectivity index (χ1n) is 8.14. The molecule has 0 aliphatic rings. The van der Waals surface area contributed by atoms with Crippen LogP contribution in [0.1, 0.15) is 65.2 Å². The monoisotopic (exact) mass is 416 g/mol. The van der Waals surface area contributed by atoms with Crippen molar-refractivity contribution in [2.45, 2.75) is 65.2 Å². The summed E-state index contributed by atoms with van der Waals surface area (Å²) in [6, 6.07) is 8.92. The zero-order valence-electron chi connectivity index (χ0n) is 14.6. The largest absolute Gasteiger partial charge is 2.00 e. The van der Waals surface area contributed by atoms with Gasteiger partial charge in [0.05, 0.1) is 13.2 Å². The second kappa shape index (κ2) is 20.4. The van der Waals surface area contributed by atoms with E-state index in [9.17, 15) is 0 Å². The van der Waals surface area contributed by atoms with Gasteiger partial charge in [0.15, 0.2) is 0 Å². The molecule has 0 unspecified atom stereocenters. The molecule has 1 aromatic carbocycles. The maximum Gasteiger partial charge on any atom is 2.00 e. The molecule has 130 valence electrons. The van der Waals surface area contributed by atoms with Gasteiger partial charge in [-0.2, -0.15) is 0 Å². The molecule has 0 amide bonds. The molecule has 0 aliphatic carbocycles. The first-order chi connectivity index (χ1) is 9.86. The molecule has 0 radical (unpaired) electrons. The van der Waals surface area contributed by atoms with Crippen molar-refractivity contribution in [3.05, 3.63) is 24.3 Å². The molecule has 0 N–H and O–H groups in total. The van der Waals surface area contributed by atoms with Gasteiger partial charge in [-0.3, -0.25) is 0 Å². The summed E-state index contributed by atoms with van der Waals surface area (Å²) in [6.07, 6.45) is 9.85. The van der Waals surface area contributed by atoms with E-state index in [1.807, 2.05) is 18.2 Å². The van der Waals surface area contributed by atoms with Crippen molar-refractivity contribution in [2.75, 3.05) is 13.2 Å². The molecule has 1 aromatic rings. The first kappa shape index (κ1) is 28.2. The van der Waals surface area contributed by atoms with E-state index < -0.39 is 0 Å². The van der Waals surface area contributed by atoms with E-state index in [0.717, 1.165) is 37.6 Å². The van der Waals surface area contributed by atoms with Gasteiger partial charge in [0.1, 0.15) is 0 Å². The molecule has 23 heavy (non-hydrogen) atoms. The Labute approximate surface area is 175 Å². The Morgan fingerprint density at radius 2 is 1.39 bits per heavy atom. The Morgan fingerprint density at radius 1 is 0.826 bits per heavy atom. The first-order valence-corrected chi connectivity index (χ1v) is 8.14. The smallest absolute Gasteiger partial charge is 1.00 e. The number of rotatable bonds is 12. The summed E-state index contributed by atoms with van der Waals surface area (Å²) in [5.41, 5.74) is 0. The third kappa shape index (κ3) is 15.6. The van der Waals surface area contributed by atoms with Gasteiger partial charge in [0.2, 0.25) is 0 Å². The summed E-state index contributed by atoms with van der Waals surface area (Å²) in [5.74, 6) is 1.71. The standard InChI is InChI=1S/C18H29O2.BrH.ClH.Mg/c1-3-5-7-9-15-19-17-11-13-18(14-12-17)20-16-10-8-6-4-2;;;/h11-13H,3-10,15-16H2,1-2H3;2*1H;/q-1;;;+2/p-1. The van der Waals surface area contributed by atoms with Gasteiger partial charge >= 0.3 is 23.1 Å².